The molecule has 1 amide bonds. The van der Waals surface area contributed by atoms with E-state index in [9.17, 15) is 18.0 Å². The van der Waals surface area contributed by atoms with Crippen molar-refractivity contribution in [3.05, 3.63) is 54.1 Å². The van der Waals surface area contributed by atoms with Crippen LogP contribution in [0.2, 0.25) is 0 Å². The van der Waals surface area contributed by atoms with Crippen molar-refractivity contribution in [3.63, 3.8) is 0 Å². The zero-order chi connectivity index (χ0) is 24.3. The topological polar surface area (TPSA) is 79.4 Å². The number of ether oxygens (including phenoxy) is 1. The standard InChI is InChI=1S/C24H26F3N5O2.ClH/c1-32(2)21-17-7-3-5-9-19(17)30-23(31-21)29-16-13-11-15(12-14-16)28-22(33)18-8-4-6-10-20(18)34-24(25,26)27;/h3-10,15-16H,11-14H2,1-2H3,(H,28,33)(H,29,30,31);1H. The molecule has 1 saturated carbocycles. The van der Waals surface area contributed by atoms with Crippen LogP contribution in [-0.4, -0.2) is 48.4 Å². The van der Waals surface area contributed by atoms with Crippen LogP contribution in [0.3, 0.4) is 0 Å². The lowest BCUT2D eigenvalue weighted by Crippen LogP contribution is -2.40. The Hall–Kier alpha value is -3.27. The number of fused-ring (bicyclic) bond motifs is 1. The van der Waals surface area contributed by atoms with Gasteiger partial charge in [-0.25, -0.2) is 4.98 Å². The Labute approximate surface area is 207 Å². The third kappa shape index (κ3) is 6.66. The minimum atomic E-state index is -4.86. The maximum absolute atomic E-state index is 12.6. The second-order valence-corrected chi connectivity index (χ2v) is 8.49. The van der Waals surface area contributed by atoms with Gasteiger partial charge in [0.1, 0.15) is 11.6 Å². The van der Waals surface area contributed by atoms with Crippen LogP contribution in [0.4, 0.5) is 24.9 Å². The van der Waals surface area contributed by atoms with Crippen LogP contribution in [-0.2, 0) is 0 Å². The van der Waals surface area contributed by atoms with Gasteiger partial charge >= 0.3 is 6.36 Å². The summed E-state index contributed by atoms with van der Waals surface area (Å²) < 4.78 is 41.9. The zero-order valence-electron chi connectivity index (χ0n) is 19.3. The van der Waals surface area contributed by atoms with Gasteiger partial charge in [-0.1, -0.05) is 24.3 Å². The van der Waals surface area contributed by atoms with Crippen LogP contribution in [0.25, 0.3) is 10.9 Å². The van der Waals surface area contributed by atoms with Crippen molar-refractivity contribution in [1.82, 2.24) is 15.3 Å². The summed E-state index contributed by atoms with van der Waals surface area (Å²) in [6.45, 7) is 0. The summed E-state index contributed by atoms with van der Waals surface area (Å²) in [5.74, 6) is 0.291. The Morgan fingerprint density at radius 2 is 1.60 bits per heavy atom. The van der Waals surface area contributed by atoms with Gasteiger partial charge in [-0.3, -0.25) is 4.79 Å². The van der Waals surface area contributed by atoms with Gasteiger partial charge in [0.15, 0.2) is 0 Å². The van der Waals surface area contributed by atoms with Crippen LogP contribution in [0, 0.1) is 0 Å². The summed E-state index contributed by atoms with van der Waals surface area (Å²) in [5, 5.41) is 7.22. The number of rotatable bonds is 6. The monoisotopic (exact) mass is 509 g/mol. The molecule has 0 aliphatic heterocycles. The highest BCUT2D eigenvalue weighted by Crippen LogP contribution is 2.28. The highest BCUT2D eigenvalue weighted by Gasteiger charge is 2.33. The first-order chi connectivity index (χ1) is 16.2. The number of carbonyl (C=O) groups excluding carboxylic acids is 1. The molecule has 188 valence electrons. The maximum Gasteiger partial charge on any atom is 0.573 e. The molecular formula is C24H27ClF3N5O2. The number of nitrogens with zero attached hydrogens (tertiary/aromatic N) is 3. The number of nitrogens with one attached hydrogen (secondary N) is 2. The fourth-order valence-corrected chi connectivity index (χ4v) is 4.16. The van der Waals surface area contributed by atoms with Gasteiger partial charge in [-0.05, 0) is 49.9 Å². The maximum atomic E-state index is 12.6. The number of halogens is 4. The smallest absolute Gasteiger partial charge is 0.405 e. The number of alkyl halides is 3. The fraction of sp³-hybridized carbons (Fsp3) is 0.375. The Morgan fingerprint density at radius 1 is 0.971 bits per heavy atom. The second kappa shape index (κ2) is 11.0. The first kappa shape index (κ1) is 26.3. The average molecular weight is 510 g/mol. The number of para-hydroxylation sites is 2. The summed E-state index contributed by atoms with van der Waals surface area (Å²) in [7, 11) is 3.87. The lowest BCUT2D eigenvalue weighted by atomic mass is 9.91. The van der Waals surface area contributed by atoms with Gasteiger partial charge in [0.25, 0.3) is 5.91 Å². The number of amides is 1. The van der Waals surface area contributed by atoms with E-state index in [0.29, 0.717) is 18.8 Å². The Bertz CT molecular complexity index is 1170. The van der Waals surface area contributed by atoms with Crippen LogP contribution >= 0.6 is 12.4 Å². The summed E-state index contributed by atoms with van der Waals surface area (Å²) >= 11 is 0. The van der Waals surface area contributed by atoms with Crippen molar-refractivity contribution in [2.24, 2.45) is 0 Å². The quantitative estimate of drug-likeness (QED) is 0.477. The number of hydrogen-bond acceptors (Lipinski definition) is 6. The number of benzene rings is 2. The molecule has 2 aromatic carbocycles. The Morgan fingerprint density at radius 3 is 2.29 bits per heavy atom. The molecule has 3 aromatic rings. The van der Waals surface area contributed by atoms with E-state index >= 15 is 0 Å². The van der Waals surface area contributed by atoms with Crippen LogP contribution in [0.15, 0.2) is 48.5 Å². The summed E-state index contributed by atoms with van der Waals surface area (Å²) in [5.41, 5.74) is 0.713. The number of hydrogen-bond donors (Lipinski definition) is 2. The highest BCUT2D eigenvalue weighted by molar-refractivity contribution is 5.97. The van der Waals surface area contributed by atoms with E-state index in [1.807, 2.05) is 43.3 Å². The molecule has 0 unspecified atom stereocenters. The number of anilines is 2. The molecule has 1 fully saturated rings. The van der Waals surface area contributed by atoms with E-state index < -0.39 is 18.0 Å². The minimum Gasteiger partial charge on any atom is -0.405 e. The molecule has 0 bridgehead atoms. The summed E-state index contributed by atoms with van der Waals surface area (Å²) in [4.78, 5) is 23.9. The zero-order valence-corrected chi connectivity index (χ0v) is 20.1. The molecule has 1 aromatic heterocycles. The molecule has 1 heterocycles. The van der Waals surface area contributed by atoms with Gasteiger partial charge in [0.2, 0.25) is 5.95 Å². The van der Waals surface area contributed by atoms with E-state index in [1.165, 1.54) is 18.2 Å². The number of aromatic nitrogens is 2. The predicted octanol–water partition coefficient (Wildman–Crippen LogP) is 5.17. The third-order valence-electron chi connectivity index (χ3n) is 5.76. The first-order valence-electron chi connectivity index (χ1n) is 11.1. The van der Waals surface area contributed by atoms with Crippen molar-refractivity contribution in [3.8, 4) is 5.75 Å². The molecule has 11 heteroatoms. The molecule has 0 atom stereocenters. The molecule has 1 aliphatic rings. The molecule has 35 heavy (non-hydrogen) atoms. The van der Waals surface area contributed by atoms with Crippen molar-refractivity contribution >= 4 is 41.0 Å². The third-order valence-corrected chi connectivity index (χ3v) is 5.76. The fourth-order valence-electron chi connectivity index (χ4n) is 4.16. The molecule has 0 radical (unpaired) electrons. The largest absolute Gasteiger partial charge is 0.573 e. The van der Waals surface area contributed by atoms with Crippen LogP contribution in [0.1, 0.15) is 36.0 Å². The molecule has 0 spiro atoms. The first-order valence-corrected chi connectivity index (χ1v) is 11.1. The molecule has 7 nitrogen and oxygen atoms in total. The normalized spacial score (nSPS) is 17.9. The van der Waals surface area contributed by atoms with E-state index in [-0.39, 0.29) is 30.1 Å². The van der Waals surface area contributed by atoms with E-state index in [2.05, 4.69) is 25.3 Å². The summed E-state index contributed by atoms with van der Waals surface area (Å²) in [6, 6.07) is 13.2. The van der Waals surface area contributed by atoms with Gasteiger partial charge < -0.3 is 20.3 Å². The van der Waals surface area contributed by atoms with Crippen LogP contribution < -0.4 is 20.3 Å². The Balaban J connectivity index is 0.00000342. The van der Waals surface area contributed by atoms with Gasteiger partial charge in [0.05, 0.1) is 11.1 Å². The van der Waals surface area contributed by atoms with E-state index in [4.69, 9.17) is 0 Å². The molecule has 0 saturated heterocycles. The lowest BCUT2D eigenvalue weighted by molar-refractivity contribution is -0.274. The molecular weight excluding hydrogens is 483 g/mol. The van der Waals surface area contributed by atoms with Crippen molar-refractivity contribution in [2.75, 3.05) is 24.3 Å². The molecule has 4 rings (SSSR count). The van der Waals surface area contributed by atoms with E-state index in [1.54, 1.807) is 0 Å². The van der Waals surface area contributed by atoms with Crippen molar-refractivity contribution in [1.29, 1.82) is 0 Å². The van der Waals surface area contributed by atoms with Gasteiger partial charge in [-0.2, -0.15) is 4.98 Å². The van der Waals surface area contributed by atoms with Crippen LogP contribution in [0.5, 0.6) is 5.75 Å². The average Bonchev–Trinajstić information content (AvgIpc) is 2.79. The van der Waals surface area contributed by atoms with Gasteiger partial charge in [0, 0.05) is 31.6 Å². The molecule has 2 N–H and O–H groups in total. The lowest BCUT2D eigenvalue weighted by Gasteiger charge is -2.30. The van der Waals surface area contributed by atoms with Crippen molar-refractivity contribution < 1.29 is 22.7 Å². The number of carbonyl (C=O) groups is 1. The van der Waals surface area contributed by atoms with Crippen molar-refractivity contribution in [2.45, 2.75) is 44.1 Å². The summed E-state index contributed by atoms with van der Waals surface area (Å²) in [6.07, 6.45) is -1.98. The predicted molar refractivity (Wildman–Crippen MR) is 131 cm³/mol. The SMILES string of the molecule is CN(C)c1nc(NC2CCC(NC(=O)c3ccccc3OC(F)(F)F)CC2)nc2ccccc12.Cl. The van der Waals surface area contributed by atoms with E-state index in [0.717, 1.165) is 35.6 Å². The minimum absolute atomic E-state index is 0. The second-order valence-electron chi connectivity index (χ2n) is 8.49. The molecule has 1 aliphatic carbocycles. The Kier molecular flexibility index (Phi) is 8.26. The van der Waals surface area contributed by atoms with Gasteiger partial charge in [-0.15, -0.1) is 25.6 Å². The highest BCUT2D eigenvalue weighted by atomic mass is 35.5.